The third-order valence-electron chi connectivity index (χ3n) is 3.17. The van der Waals surface area contributed by atoms with E-state index in [2.05, 4.69) is 20.3 Å². The first-order valence-electron chi connectivity index (χ1n) is 6.18. The average molecular weight is 333 g/mol. The summed E-state index contributed by atoms with van der Waals surface area (Å²) in [5, 5.41) is 12.7. The average Bonchev–Trinajstić information content (AvgIpc) is 2.95. The number of fused-ring (bicyclic) bond motifs is 3. The van der Waals surface area contributed by atoms with Gasteiger partial charge in [0.05, 0.1) is 5.69 Å². The normalized spacial score (nSPS) is 11.4. The fraction of sp³-hybridized carbons (Fsp3) is 0. The lowest BCUT2D eigenvalue weighted by Gasteiger charge is -2.08. The third-order valence-corrected chi connectivity index (χ3v) is 3.60. The summed E-state index contributed by atoms with van der Waals surface area (Å²) in [7, 11) is 0. The molecule has 0 fully saturated rings. The highest BCUT2D eigenvalue weighted by Gasteiger charge is 2.11. The fourth-order valence-electron chi connectivity index (χ4n) is 2.23. The van der Waals surface area contributed by atoms with E-state index >= 15 is 0 Å². The Hall–Kier alpha value is -2.51. The predicted octanol–water partition coefficient (Wildman–Crippen LogP) is 2.13. The number of halogens is 2. The summed E-state index contributed by atoms with van der Waals surface area (Å²) in [6.45, 7) is 0. The Bertz CT molecular complexity index is 1070. The highest BCUT2D eigenvalue weighted by atomic mass is 35.5. The second kappa shape index (κ2) is 4.75. The quantitative estimate of drug-likeness (QED) is 0.533. The van der Waals surface area contributed by atoms with Crippen molar-refractivity contribution in [3.63, 3.8) is 0 Å². The Labute approximate surface area is 132 Å². The van der Waals surface area contributed by atoms with Gasteiger partial charge in [-0.1, -0.05) is 23.2 Å². The van der Waals surface area contributed by atoms with Crippen LogP contribution in [-0.4, -0.2) is 29.4 Å². The standard InChI is InChI=1S/C13H6Cl2N6O/c14-7-3-8(15)5-9(4-7)20-2-1-10-11(12(20)22)18-19-13-16-6-17-21(10)13/h1-6H. The van der Waals surface area contributed by atoms with Crippen molar-refractivity contribution in [2.24, 2.45) is 0 Å². The summed E-state index contributed by atoms with van der Waals surface area (Å²) in [6, 6.07) is 6.59. The summed E-state index contributed by atoms with van der Waals surface area (Å²) >= 11 is 12.0. The first-order chi connectivity index (χ1) is 10.6. The van der Waals surface area contributed by atoms with Crippen molar-refractivity contribution in [3.8, 4) is 5.69 Å². The molecule has 0 aliphatic heterocycles. The van der Waals surface area contributed by atoms with E-state index in [1.165, 1.54) is 15.4 Å². The maximum absolute atomic E-state index is 12.6. The van der Waals surface area contributed by atoms with E-state index in [9.17, 15) is 4.79 Å². The SMILES string of the molecule is O=c1c2nnc3ncnn3c2ccn1-c1cc(Cl)cc(Cl)c1. The van der Waals surface area contributed by atoms with Crippen LogP contribution in [0.2, 0.25) is 10.0 Å². The van der Waals surface area contributed by atoms with Gasteiger partial charge < -0.3 is 0 Å². The highest BCUT2D eigenvalue weighted by molar-refractivity contribution is 6.34. The van der Waals surface area contributed by atoms with Crippen LogP contribution in [0, 0.1) is 0 Å². The van der Waals surface area contributed by atoms with Gasteiger partial charge in [-0.05, 0) is 24.3 Å². The van der Waals surface area contributed by atoms with Gasteiger partial charge in [0.1, 0.15) is 11.8 Å². The minimum absolute atomic E-state index is 0.177. The Balaban J connectivity index is 2.06. The van der Waals surface area contributed by atoms with Crippen molar-refractivity contribution >= 4 is 40.0 Å². The fourth-order valence-corrected chi connectivity index (χ4v) is 2.74. The molecule has 0 spiro atoms. The maximum Gasteiger partial charge on any atom is 0.285 e. The summed E-state index contributed by atoms with van der Waals surface area (Å²) in [5.74, 6) is 0.329. The van der Waals surface area contributed by atoms with Gasteiger partial charge >= 0.3 is 0 Å². The Morgan fingerprint density at radius 1 is 1.05 bits per heavy atom. The first kappa shape index (κ1) is 13.2. The van der Waals surface area contributed by atoms with Crippen LogP contribution in [-0.2, 0) is 0 Å². The van der Waals surface area contributed by atoms with Gasteiger partial charge in [-0.25, -0.2) is 0 Å². The Morgan fingerprint density at radius 2 is 1.82 bits per heavy atom. The monoisotopic (exact) mass is 332 g/mol. The van der Waals surface area contributed by atoms with Gasteiger partial charge in [0.25, 0.3) is 11.3 Å². The molecule has 108 valence electrons. The van der Waals surface area contributed by atoms with Crippen LogP contribution in [0.3, 0.4) is 0 Å². The molecule has 0 aliphatic rings. The molecule has 3 aromatic heterocycles. The number of hydrogen-bond acceptors (Lipinski definition) is 5. The van der Waals surface area contributed by atoms with E-state index in [-0.39, 0.29) is 11.1 Å². The molecule has 4 rings (SSSR count). The summed E-state index contributed by atoms with van der Waals surface area (Å²) in [6.07, 6.45) is 2.96. The second-order valence-electron chi connectivity index (χ2n) is 4.52. The number of rotatable bonds is 1. The van der Waals surface area contributed by atoms with Crippen LogP contribution < -0.4 is 5.56 Å². The number of nitrogens with zero attached hydrogens (tertiary/aromatic N) is 6. The van der Waals surface area contributed by atoms with Gasteiger partial charge in [-0.2, -0.15) is 14.6 Å². The largest absolute Gasteiger partial charge is 0.285 e. The van der Waals surface area contributed by atoms with Crippen molar-refractivity contribution < 1.29 is 0 Å². The molecule has 0 saturated carbocycles. The van der Waals surface area contributed by atoms with Gasteiger partial charge in [0, 0.05) is 16.2 Å². The van der Waals surface area contributed by atoms with Crippen molar-refractivity contribution in [2.75, 3.05) is 0 Å². The molecule has 22 heavy (non-hydrogen) atoms. The molecule has 3 heterocycles. The molecule has 0 bridgehead atoms. The molecule has 7 nitrogen and oxygen atoms in total. The van der Waals surface area contributed by atoms with Crippen LogP contribution in [0.15, 0.2) is 41.6 Å². The molecule has 0 unspecified atom stereocenters. The van der Waals surface area contributed by atoms with Crippen LogP contribution in [0.25, 0.3) is 22.5 Å². The lowest BCUT2D eigenvalue weighted by Crippen LogP contribution is -2.20. The zero-order valence-electron chi connectivity index (χ0n) is 10.8. The molecule has 0 amide bonds. The lowest BCUT2D eigenvalue weighted by molar-refractivity contribution is 0.914. The van der Waals surface area contributed by atoms with Gasteiger partial charge in [-0.15, -0.1) is 10.2 Å². The molecule has 0 aliphatic carbocycles. The van der Waals surface area contributed by atoms with Gasteiger partial charge in [0.2, 0.25) is 0 Å². The van der Waals surface area contributed by atoms with E-state index in [4.69, 9.17) is 23.2 Å². The minimum Gasteiger partial charge on any atom is -0.282 e. The van der Waals surface area contributed by atoms with E-state index < -0.39 is 0 Å². The zero-order chi connectivity index (χ0) is 15.3. The first-order valence-corrected chi connectivity index (χ1v) is 6.93. The molecule has 0 radical (unpaired) electrons. The van der Waals surface area contributed by atoms with Crippen LogP contribution in [0.1, 0.15) is 0 Å². The zero-order valence-corrected chi connectivity index (χ0v) is 12.3. The van der Waals surface area contributed by atoms with E-state index in [1.54, 1.807) is 30.5 Å². The highest BCUT2D eigenvalue weighted by Crippen LogP contribution is 2.21. The Morgan fingerprint density at radius 3 is 2.59 bits per heavy atom. The third kappa shape index (κ3) is 1.94. The van der Waals surface area contributed by atoms with Crippen molar-refractivity contribution in [2.45, 2.75) is 0 Å². The number of aromatic nitrogens is 6. The molecule has 0 saturated heterocycles. The molecule has 0 atom stereocenters. The smallest absolute Gasteiger partial charge is 0.282 e. The molecule has 4 aromatic rings. The number of hydrogen-bond donors (Lipinski definition) is 0. The summed E-state index contributed by atoms with van der Waals surface area (Å²) in [5.41, 5.74) is 0.902. The Kier molecular flexibility index (Phi) is 2.85. The molecule has 9 heteroatoms. The summed E-state index contributed by atoms with van der Waals surface area (Å²) in [4.78, 5) is 16.6. The topological polar surface area (TPSA) is 78.0 Å². The van der Waals surface area contributed by atoms with E-state index in [0.29, 0.717) is 27.0 Å². The number of pyridine rings is 1. The van der Waals surface area contributed by atoms with E-state index in [0.717, 1.165) is 0 Å². The van der Waals surface area contributed by atoms with Gasteiger partial charge in [0.15, 0.2) is 5.52 Å². The molecular formula is C13H6Cl2N6O. The van der Waals surface area contributed by atoms with Crippen molar-refractivity contribution in [3.05, 3.63) is 57.2 Å². The molecular weight excluding hydrogens is 327 g/mol. The maximum atomic E-state index is 12.6. The van der Waals surface area contributed by atoms with Crippen molar-refractivity contribution in [1.29, 1.82) is 0 Å². The van der Waals surface area contributed by atoms with Crippen LogP contribution in [0.4, 0.5) is 0 Å². The number of benzene rings is 1. The predicted molar refractivity (Wildman–Crippen MR) is 81.7 cm³/mol. The summed E-state index contributed by atoms with van der Waals surface area (Å²) < 4.78 is 2.86. The van der Waals surface area contributed by atoms with E-state index in [1.807, 2.05) is 0 Å². The molecule has 1 aromatic carbocycles. The van der Waals surface area contributed by atoms with Gasteiger partial charge in [-0.3, -0.25) is 9.36 Å². The minimum atomic E-state index is -0.347. The lowest BCUT2D eigenvalue weighted by atomic mass is 10.3. The second-order valence-corrected chi connectivity index (χ2v) is 5.40. The van der Waals surface area contributed by atoms with Crippen LogP contribution >= 0.6 is 23.2 Å². The molecule has 0 N–H and O–H groups in total. The van der Waals surface area contributed by atoms with Crippen LogP contribution in [0.5, 0.6) is 0 Å². The van der Waals surface area contributed by atoms with Crippen molar-refractivity contribution in [1.82, 2.24) is 29.4 Å².